The number of hydrogen-bond acceptors (Lipinski definition) is 6. The van der Waals surface area contributed by atoms with E-state index in [2.05, 4.69) is 4.72 Å². The standard InChI is InChI=1S/C14H14ClN2O3PS2/c15-21(22,13-4-2-1-3-5-13)20-11-10-16-23-14-8-6-12(7-9-14)17(18)19/h1-9,16H,10-11H2. The van der Waals surface area contributed by atoms with E-state index in [4.69, 9.17) is 27.6 Å². The largest absolute Gasteiger partial charge is 0.333 e. The van der Waals surface area contributed by atoms with Gasteiger partial charge >= 0.3 is 0 Å². The van der Waals surface area contributed by atoms with Crippen molar-refractivity contribution >= 4 is 51.6 Å². The van der Waals surface area contributed by atoms with Crippen molar-refractivity contribution in [3.8, 4) is 0 Å². The van der Waals surface area contributed by atoms with Crippen molar-refractivity contribution in [2.75, 3.05) is 13.2 Å². The Balaban J connectivity index is 1.73. The fourth-order valence-electron chi connectivity index (χ4n) is 1.66. The van der Waals surface area contributed by atoms with Crippen molar-refractivity contribution in [1.82, 2.24) is 4.72 Å². The number of nitrogens with zero attached hydrogens (tertiary/aromatic N) is 1. The van der Waals surface area contributed by atoms with Gasteiger partial charge in [0.2, 0.25) is 0 Å². The molecule has 0 radical (unpaired) electrons. The lowest BCUT2D eigenvalue weighted by molar-refractivity contribution is -0.384. The Morgan fingerprint density at radius 2 is 1.87 bits per heavy atom. The minimum atomic E-state index is -2.49. The van der Waals surface area contributed by atoms with E-state index in [9.17, 15) is 10.1 Å². The molecule has 5 nitrogen and oxygen atoms in total. The Labute approximate surface area is 148 Å². The maximum Gasteiger partial charge on any atom is 0.269 e. The molecule has 0 saturated heterocycles. The van der Waals surface area contributed by atoms with Crippen LogP contribution in [0.25, 0.3) is 0 Å². The predicted molar refractivity (Wildman–Crippen MR) is 99.1 cm³/mol. The molecule has 2 aromatic carbocycles. The third-order valence-electron chi connectivity index (χ3n) is 2.76. The van der Waals surface area contributed by atoms with Crippen LogP contribution in [-0.2, 0) is 16.3 Å². The first-order chi connectivity index (χ1) is 11.0. The maximum absolute atomic E-state index is 10.6. The van der Waals surface area contributed by atoms with E-state index in [1.165, 1.54) is 24.1 Å². The van der Waals surface area contributed by atoms with Crippen LogP contribution in [0, 0.1) is 10.1 Å². The Bertz CT molecular complexity index is 701. The van der Waals surface area contributed by atoms with E-state index in [0.717, 1.165) is 10.2 Å². The van der Waals surface area contributed by atoms with E-state index in [0.29, 0.717) is 13.2 Å². The number of hydrogen-bond donors (Lipinski definition) is 1. The second-order valence-corrected chi connectivity index (χ2v) is 10.7. The molecule has 0 aromatic heterocycles. The van der Waals surface area contributed by atoms with Crippen LogP contribution in [0.2, 0.25) is 0 Å². The fraction of sp³-hybridized carbons (Fsp3) is 0.143. The molecule has 0 spiro atoms. The summed E-state index contributed by atoms with van der Waals surface area (Å²) in [5.74, 6) is 0. The van der Waals surface area contributed by atoms with Crippen LogP contribution >= 0.6 is 28.8 Å². The molecule has 1 N–H and O–H groups in total. The van der Waals surface area contributed by atoms with Gasteiger partial charge in [-0.05, 0) is 35.9 Å². The average Bonchev–Trinajstić information content (AvgIpc) is 2.56. The second-order valence-electron chi connectivity index (χ2n) is 4.40. The molecule has 0 heterocycles. The molecule has 2 aromatic rings. The van der Waals surface area contributed by atoms with E-state index >= 15 is 0 Å². The monoisotopic (exact) mass is 388 g/mol. The summed E-state index contributed by atoms with van der Waals surface area (Å²) >= 11 is 13.0. The van der Waals surface area contributed by atoms with E-state index in [1.807, 2.05) is 30.3 Å². The van der Waals surface area contributed by atoms with Crippen LogP contribution in [0.3, 0.4) is 0 Å². The summed E-state index contributed by atoms with van der Waals surface area (Å²) in [4.78, 5) is 11.0. The highest BCUT2D eigenvalue weighted by molar-refractivity contribution is 8.28. The van der Waals surface area contributed by atoms with Crippen molar-refractivity contribution in [3.63, 3.8) is 0 Å². The third kappa shape index (κ3) is 5.88. The highest BCUT2D eigenvalue weighted by Gasteiger charge is 2.16. The SMILES string of the molecule is O=[N+]([O-])c1ccc(SNCCOP(=S)(Cl)c2ccccc2)cc1. The zero-order valence-electron chi connectivity index (χ0n) is 11.9. The van der Waals surface area contributed by atoms with Gasteiger partial charge in [-0.1, -0.05) is 41.6 Å². The maximum atomic E-state index is 10.6. The molecular formula is C14H14ClN2O3PS2. The molecule has 122 valence electrons. The summed E-state index contributed by atoms with van der Waals surface area (Å²) in [6.45, 7) is 0.940. The van der Waals surface area contributed by atoms with Crippen LogP contribution in [0.15, 0.2) is 59.5 Å². The minimum Gasteiger partial charge on any atom is -0.333 e. The summed E-state index contributed by atoms with van der Waals surface area (Å²) in [5.41, 5.74) is -2.42. The minimum absolute atomic E-state index is 0.0726. The van der Waals surface area contributed by atoms with Gasteiger partial charge in [0.05, 0.1) is 11.5 Å². The third-order valence-corrected chi connectivity index (χ3v) is 6.88. The van der Waals surface area contributed by atoms with Crippen molar-refractivity contribution < 1.29 is 9.45 Å². The van der Waals surface area contributed by atoms with Gasteiger partial charge in [0, 0.05) is 28.9 Å². The smallest absolute Gasteiger partial charge is 0.269 e. The first kappa shape index (κ1) is 18.4. The molecule has 0 saturated carbocycles. The van der Waals surface area contributed by atoms with Gasteiger partial charge in [-0.15, -0.1) is 0 Å². The molecule has 0 bridgehead atoms. The van der Waals surface area contributed by atoms with Crippen molar-refractivity contribution in [3.05, 3.63) is 64.7 Å². The van der Waals surface area contributed by atoms with Crippen LogP contribution in [0.4, 0.5) is 5.69 Å². The van der Waals surface area contributed by atoms with Crippen molar-refractivity contribution in [2.45, 2.75) is 4.90 Å². The molecular weight excluding hydrogens is 375 g/mol. The fourth-order valence-corrected chi connectivity index (χ4v) is 4.42. The Morgan fingerprint density at radius 3 is 2.48 bits per heavy atom. The van der Waals surface area contributed by atoms with Gasteiger partial charge in [-0.25, -0.2) is 0 Å². The van der Waals surface area contributed by atoms with E-state index in [-0.39, 0.29) is 5.69 Å². The molecule has 0 fully saturated rings. The molecule has 0 aliphatic rings. The van der Waals surface area contributed by atoms with Gasteiger partial charge in [-0.2, -0.15) is 0 Å². The molecule has 2 rings (SSSR count). The zero-order valence-corrected chi connectivity index (χ0v) is 15.2. The zero-order chi connectivity index (χ0) is 16.7. The van der Waals surface area contributed by atoms with Crippen molar-refractivity contribution in [1.29, 1.82) is 0 Å². The molecule has 1 unspecified atom stereocenters. The molecule has 0 amide bonds. The Kier molecular flexibility index (Phi) is 7.02. The highest BCUT2D eigenvalue weighted by atomic mass is 35.7. The first-order valence-corrected chi connectivity index (χ1v) is 11.1. The number of nitro groups is 1. The van der Waals surface area contributed by atoms with E-state index in [1.54, 1.807) is 12.1 Å². The van der Waals surface area contributed by atoms with Crippen molar-refractivity contribution in [2.24, 2.45) is 0 Å². The molecule has 23 heavy (non-hydrogen) atoms. The van der Waals surface area contributed by atoms with Crippen LogP contribution in [-0.4, -0.2) is 18.1 Å². The van der Waals surface area contributed by atoms with E-state index < -0.39 is 10.5 Å². The number of nitrogens with one attached hydrogen (secondary N) is 1. The number of non-ortho nitro benzene ring substituents is 1. The Morgan fingerprint density at radius 1 is 1.22 bits per heavy atom. The number of nitro benzene ring substituents is 1. The first-order valence-electron chi connectivity index (χ1n) is 6.63. The van der Waals surface area contributed by atoms with Crippen LogP contribution in [0.1, 0.15) is 0 Å². The average molecular weight is 389 g/mol. The lowest BCUT2D eigenvalue weighted by atomic mass is 10.3. The van der Waals surface area contributed by atoms with Gasteiger partial charge < -0.3 is 4.52 Å². The molecule has 0 aliphatic heterocycles. The predicted octanol–water partition coefficient (Wildman–Crippen LogP) is 4.08. The lowest BCUT2D eigenvalue weighted by Gasteiger charge is -2.15. The molecule has 9 heteroatoms. The van der Waals surface area contributed by atoms with Gasteiger partial charge in [-0.3, -0.25) is 14.8 Å². The topological polar surface area (TPSA) is 64.4 Å². The number of halogens is 1. The number of benzene rings is 2. The highest BCUT2D eigenvalue weighted by Crippen LogP contribution is 2.51. The van der Waals surface area contributed by atoms with Crippen LogP contribution in [0.5, 0.6) is 0 Å². The Hall–Kier alpha value is -0.950. The molecule has 1 atom stereocenters. The summed E-state index contributed by atoms with van der Waals surface area (Å²) < 4.78 is 8.74. The van der Waals surface area contributed by atoms with Gasteiger partial charge in [0.25, 0.3) is 5.69 Å². The summed E-state index contributed by atoms with van der Waals surface area (Å²) in [6, 6.07) is 15.7. The normalized spacial score (nSPS) is 13.4. The second kappa shape index (κ2) is 8.78. The lowest BCUT2D eigenvalue weighted by Crippen LogP contribution is -2.13. The summed E-state index contributed by atoms with van der Waals surface area (Å²) in [5, 5.41) is 11.4. The molecule has 0 aliphatic carbocycles. The van der Waals surface area contributed by atoms with Crippen LogP contribution < -0.4 is 10.0 Å². The summed E-state index contributed by atoms with van der Waals surface area (Å²) in [7, 11) is 0. The van der Waals surface area contributed by atoms with Gasteiger partial charge in [0.15, 0.2) is 5.62 Å². The van der Waals surface area contributed by atoms with Gasteiger partial charge in [0.1, 0.15) is 0 Å². The number of rotatable bonds is 8. The quantitative estimate of drug-likeness (QED) is 0.242. The summed E-state index contributed by atoms with van der Waals surface area (Å²) in [6.07, 6.45) is 0.